The van der Waals surface area contributed by atoms with Crippen molar-refractivity contribution in [3.8, 4) is 0 Å². The summed E-state index contributed by atoms with van der Waals surface area (Å²) in [5, 5.41) is 0. The maximum absolute atomic E-state index is 13.1. The van der Waals surface area contributed by atoms with Gasteiger partial charge in [-0.2, -0.15) is 0 Å². The van der Waals surface area contributed by atoms with E-state index in [0.717, 1.165) is 35.3 Å². The number of carbonyl (C=O) groups excluding carboxylic acids is 2. The number of hydrogen-bond donors (Lipinski definition) is 0. The van der Waals surface area contributed by atoms with Crippen LogP contribution in [0.3, 0.4) is 0 Å². The quantitative estimate of drug-likeness (QED) is 0.798. The maximum atomic E-state index is 13.1. The van der Waals surface area contributed by atoms with Crippen molar-refractivity contribution < 1.29 is 9.59 Å². The summed E-state index contributed by atoms with van der Waals surface area (Å²) in [6.45, 7) is 4.70. The highest BCUT2D eigenvalue weighted by molar-refractivity contribution is 5.94. The van der Waals surface area contributed by atoms with Gasteiger partial charge in [-0.15, -0.1) is 0 Å². The summed E-state index contributed by atoms with van der Waals surface area (Å²) in [5.74, 6) is 3.10. The van der Waals surface area contributed by atoms with Crippen LogP contribution < -0.4 is 0 Å². The molecular formula is C24H32N2O2. The Bertz CT molecular complexity index is 726. The summed E-state index contributed by atoms with van der Waals surface area (Å²) in [6.07, 6.45) is 8.89. The fraction of sp³-hybridized carbons (Fsp3) is 0.667. The summed E-state index contributed by atoms with van der Waals surface area (Å²) >= 11 is 0. The normalized spacial score (nSPS) is 34.0. The Balaban J connectivity index is 1.17. The number of piperazine rings is 1. The molecule has 2 amide bonds. The number of amides is 2. The Hall–Kier alpha value is -1.84. The molecule has 4 bridgehead atoms. The van der Waals surface area contributed by atoms with Gasteiger partial charge in [0.05, 0.1) is 0 Å². The molecule has 0 radical (unpaired) electrons. The first-order valence-corrected chi connectivity index (χ1v) is 11.1. The Morgan fingerprint density at radius 2 is 1.36 bits per heavy atom. The maximum Gasteiger partial charge on any atom is 0.253 e. The summed E-state index contributed by atoms with van der Waals surface area (Å²) in [7, 11) is 0. The predicted molar refractivity (Wildman–Crippen MR) is 109 cm³/mol. The second kappa shape index (κ2) is 6.89. The van der Waals surface area contributed by atoms with Crippen LogP contribution in [-0.4, -0.2) is 47.8 Å². The SMILES string of the molecule is Cc1ccc(C(=O)N2CCN(C(=O)CC34CC5CC(CC(C5)C3)C4)CC2)cc1. The van der Waals surface area contributed by atoms with Gasteiger partial charge in [0.2, 0.25) is 5.91 Å². The van der Waals surface area contributed by atoms with Gasteiger partial charge >= 0.3 is 0 Å². The molecule has 1 aliphatic heterocycles. The third-order valence-electron chi connectivity index (χ3n) is 7.91. The summed E-state index contributed by atoms with van der Waals surface area (Å²) in [6, 6.07) is 7.78. The Morgan fingerprint density at radius 3 is 1.89 bits per heavy atom. The van der Waals surface area contributed by atoms with E-state index in [9.17, 15) is 9.59 Å². The lowest BCUT2D eigenvalue weighted by molar-refractivity contribution is -0.141. The van der Waals surface area contributed by atoms with Crippen molar-refractivity contribution in [3.63, 3.8) is 0 Å². The highest BCUT2D eigenvalue weighted by atomic mass is 16.2. The van der Waals surface area contributed by atoms with Crippen LogP contribution in [0.15, 0.2) is 24.3 Å². The molecule has 1 heterocycles. The van der Waals surface area contributed by atoms with E-state index in [1.165, 1.54) is 38.5 Å². The van der Waals surface area contributed by atoms with E-state index in [2.05, 4.69) is 0 Å². The van der Waals surface area contributed by atoms with E-state index >= 15 is 0 Å². The highest BCUT2D eigenvalue weighted by Crippen LogP contribution is 2.61. The van der Waals surface area contributed by atoms with Crippen molar-refractivity contribution in [1.82, 2.24) is 9.80 Å². The zero-order valence-corrected chi connectivity index (χ0v) is 17.0. The first-order chi connectivity index (χ1) is 13.5. The zero-order valence-electron chi connectivity index (χ0n) is 17.0. The number of rotatable bonds is 3. The lowest BCUT2D eigenvalue weighted by Gasteiger charge is -2.57. The van der Waals surface area contributed by atoms with E-state index in [4.69, 9.17) is 0 Å². The molecule has 4 saturated carbocycles. The molecule has 6 rings (SSSR count). The summed E-state index contributed by atoms with van der Waals surface area (Å²) < 4.78 is 0. The van der Waals surface area contributed by atoms with E-state index in [1.54, 1.807) is 0 Å². The molecule has 150 valence electrons. The molecule has 4 heteroatoms. The molecule has 4 aliphatic carbocycles. The van der Waals surface area contributed by atoms with Gasteiger partial charge < -0.3 is 9.80 Å². The van der Waals surface area contributed by atoms with Gasteiger partial charge in [0.1, 0.15) is 0 Å². The van der Waals surface area contributed by atoms with Gasteiger partial charge in [0.15, 0.2) is 0 Å². The van der Waals surface area contributed by atoms with Crippen molar-refractivity contribution >= 4 is 11.8 Å². The van der Waals surface area contributed by atoms with Crippen LogP contribution in [0, 0.1) is 30.1 Å². The molecule has 4 nitrogen and oxygen atoms in total. The monoisotopic (exact) mass is 380 g/mol. The number of aryl methyl sites for hydroxylation is 1. The molecule has 0 spiro atoms. The van der Waals surface area contributed by atoms with Crippen LogP contribution in [0.5, 0.6) is 0 Å². The highest BCUT2D eigenvalue weighted by Gasteiger charge is 2.51. The van der Waals surface area contributed by atoms with Crippen molar-refractivity contribution in [2.45, 2.75) is 51.9 Å². The second-order valence-electron chi connectivity index (χ2n) is 10.1. The lowest BCUT2D eigenvalue weighted by Crippen LogP contribution is -2.53. The fourth-order valence-electron chi connectivity index (χ4n) is 6.98. The van der Waals surface area contributed by atoms with Gasteiger partial charge in [0, 0.05) is 38.2 Å². The van der Waals surface area contributed by atoms with Crippen molar-refractivity contribution in [3.05, 3.63) is 35.4 Å². The number of hydrogen-bond acceptors (Lipinski definition) is 2. The standard InChI is InChI=1S/C24H32N2O2/c1-17-2-4-21(5-3-17)23(28)26-8-6-25(7-9-26)22(27)16-24-13-18-10-19(14-24)12-20(11-18)15-24/h2-5,18-20H,6-16H2,1H3. The predicted octanol–water partition coefficient (Wildman–Crippen LogP) is 3.89. The van der Waals surface area contributed by atoms with Crippen molar-refractivity contribution in [2.24, 2.45) is 23.2 Å². The van der Waals surface area contributed by atoms with Crippen LogP contribution in [0.25, 0.3) is 0 Å². The Labute approximate surface area is 168 Å². The lowest BCUT2D eigenvalue weighted by atomic mass is 9.49. The largest absolute Gasteiger partial charge is 0.339 e. The zero-order chi connectivity index (χ0) is 19.3. The Morgan fingerprint density at radius 1 is 0.857 bits per heavy atom. The number of benzene rings is 1. The molecule has 0 aromatic heterocycles. The van der Waals surface area contributed by atoms with Crippen LogP contribution in [0.4, 0.5) is 0 Å². The molecule has 1 aromatic carbocycles. The van der Waals surface area contributed by atoms with E-state index in [1.807, 2.05) is 41.0 Å². The van der Waals surface area contributed by atoms with Crippen LogP contribution in [-0.2, 0) is 4.79 Å². The van der Waals surface area contributed by atoms with Gasteiger partial charge in [0.25, 0.3) is 5.91 Å². The van der Waals surface area contributed by atoms with Crippen LogP contribution in [0.1, 0.15) is 60.9 Å². The fourth-order valence-corrected chi connectivity index (χ4v) is 6.98. The average Bonchev–Trinajstić information content (AvgIpc) is 2.67. The molecule has 0 atom stereocenters. The minimum Gasteiger partial charge on any atom is -0.339 e. The van der Waals surface area contributed by atoms with Gasteiger partial charge in [-0.25, -0.2) is 0 Å². The molecule has 28 heavy (non-hydrogen) atoms. The Kier molecular flexibility index (Phi) is 4.48. The van der Waals surface area contributed by atoms with Crippen LogP contribution in [0.2, 0.25) is 0 Å². The topological polar surface area (TPSA) is 40.6 Å². The van der Waals surface area contributed by atoms with Crippen molar-refractivity contribution in [2.75, 3.05) is 26.2 Å². The third kappa shape index (κ3) is 3.35. The minimum absolute atomic E-state index is 0.0909. The average molecular weight is 381 g/mol. The third-order valence-corrected chi connectivity index (χ3v) is 7.91. The number of carbonyl (C=O) groups is 2. The minimum atomic E-state index is 0.0909. The molecule has 1 saturated heterocycles. The number of nitrogens with zero attached hydrogens (tertiary/aromatic N) is 2. The molecule has 0 unspecified atom stereocenters. The molecule has 5 aliphatic rings. The molecular weight excluding hydrogens is 348 g/mol. The van der Waals surface area contributed by atoms with Crippen LogP contribution >= 0.6 is 0 Å². The van der Waals surface area contributed by atoms with Gasteiger partial charge in [-0.3, -0.25) is 9.59 Å². The van der Waals surface area contributed by atoms with Gasteiger partial charge in [-0.1, -0.05) is 17.7 Å². The van der Waals surface area contributed by atoms with E-state index < -0.39 is 0 Å². The van der Waals surface area contributed by atoms with E-state index in [0.29, 0.717) is 37.5 Å². The summed E-state index contributed by atoms with van der Waals surface area (Å²) in [5.41, 5.74) is 2.22. The molecule has 1 aromatic rings. The van der Waals surface area contributed by atoms with Crippen molar-refractivity contribution in [1.29, 1.82) is 0 Å². The first kappa shape index (κ1) is 18.2. The molecule has 5 fully saturated rings. The van der Waals surface area contributed by atoms with E-state index in [-0.39, 0.29) is 5.91 Å². The summed E-state index contributed by atoms with van der Waals surface area (Å²) in [4.78, 5) is 29.7. The second-order valence-corrected chi connectivity index (χ2v) is 10.1. The van der Waals surface area contributed by atoms with Gasteiger partial charge in [-0.05, 0) is 80.8 Å². The molecule has 0 N–H and O–H groups in total. The first-order valence-electron chi connectivity index (χ1n) is 11.1. The smallest absolute Gasteiger partial charge is 0.253 e.